The summed E-state index contributed by atoms with van der Waals surface area (Å²) in [6.07, 6.45) is 2.35. The molecule has 1 aromatic carbocycles. The van der Waals surface area contributed by atoms with Crippen LogP contribution in [0, 0.1) is 5.92 Å². The number of piperidine rings is 1. The smallest absolute Gasteiger partial charge is 0.0637 e. The standard InChI is InChI=1S/C14H20Cl2N2/c1-10(17)11-5-7-18(8-6-11)9-12-3-2-4-13(15)14(12)16/h2-4,10-11H,5-9,17H2,1H3. The van der Waals surface area contributed by atoms with E-state index in [4.69, 9.17) is 28.9 Å². The third kappa shape index (κ3) is 3.39. The van der Waals surface area contributed by atoms with Gasteiger partial charge in [0.25, 0.3) is 0 Å². The van der Waals surface area contributed by atoms with Crippen LogP contribution in [0.3, 0.4) is 0 Å². The molecule has 1 aliphatic heterocycles. The summed E-state index contributed by atoms with van der Waals surface area (Å²) in [5.41, 5.74) is 7.07. The summed E-state index contributed by atoms with van der Waals surface area (Å²) in [7, 11) is 0. The van der Waals surface area contributed by atoms with E-state index >= 15 is 0 Å². The average Bonchev–Trinajstić information content (AvgIpc) is 2.36. The monoisotopic (exact) mass is 286 g/mol. The van der Waals surface area contributed by atoms with Gasteiger partial charge in [-0.2, -0.15) is 0 Å². The van der Waals surface area contributed by atoms with Crippen LogP contribution in [0.1, 0.15) is 25.3 Å². The van der Waals surface area contributed by atoms with Crippen molar-refractivity contribution in [3.8, 4) is 0 Å². The van der Waals surface area contributed by atoms with Crippen molar-refractivity contribution < 1.29 is 0 Å². The van der Waals surface area contributed by atoms with Gasteiger partial charge in [0.15, 0.2) is 0 Å². The number of hydrogen-bond acceptors (Lipinski definition) is 2. The van der Waals surface area contributed by atoms with Crippen molar-refractivity contribution in [2.45, 2.75) is 32.4 Å². The van der Waals surface area contributed by atoms with Crippen LogP contribution < -0.4 is 5.73 Å². The van der Waals surface area contributed by atoms with Crippen LogP contribution in [-0.2, 0) is 6.54 Å². The summed E-state index contributed by atoms with van der Waals surface area (Å²) >= 11 is 12.2. The first kappa shape index (κ1) is 14.1. The molecular formula is C14H20Cl2N2. The molecule has 1 heterocycles. The second-order valence-electron chi connectivity index (χ2n) is 5.19. The van der Waals surface area contributed by atoms with Crippen LogP contribution >= 0.6 is 23.2 Å². The molecule has 1 unspecified atom stereocenters. The van der Waals surface area contributed by atoms with E-state index in [0.29, 0.717) is 22.0 Å². The van der Waals surface area contributed by atoms with E-state index in [0.717, 1.165) is 25.2 Å². The van der Waals surface area contributed by atoms with Gasteiger partial charge in [-0.05, 0) is 50.4 Å². The van der Waals surface area contributed by atoms with Crippen molar-refractivity contribution in [1.29, 1.82) is 0 Å². The van der Waals surface area contributed by atoms with Crippen molar-refractivity contribution in [3.05, 3.63) is 33.8 Å². The number of hydrogen-bond donors (Lipinski definition) is 1. The van der Waals surface area contributed by atoms with Gasteiger partial charge < -0.3 is 5.73 Å². The zero-order valence-corrected chi connectivity index (χ0v) is 12.2. The number of rotatable bonds is 3. The average molecular weight is 287 g/mol. The molecule has 0 aromatic heterocycles. The minimum Gasteiger partial charge on any atom is -0.328 e. The second-order valence-corrected chi connectivity index (χ2v) is 5.97. The predicted octanol–water partition coefficient (Wildman–Crippen LogP) is 3.55. The Labute approximate surface area is 119 Å². The normalized spacial score (nSPS) is 20.0. The fraction of sp³-hybridized carbons (Fsp3) is 0.571. The Bertz CT molecular complexity index is 399. The molecular weight excluding hydrogens is 267 g/mol. The number of likely N-dealkylation sites (tertiary alicyclic amines) is 1. The highest BCUT2D eigenvalue weighted by Gasteiger charge is 2.22. The quantitative estimate of drug-likeness (QED) is 0.921. The summed E-state index contributed by atoms with van der Waals surface area (Å²) in [6, 6.07) is 6.14. The van der Waals surface area contributed by atoms with E-state index in [1.807, 2.05) is 18.2 Å². The Morgan fingerprint density at radius 1 is 1.33 bits per heavy atom. The van der Waals surface area contributed by atoms with E-state index in [1.165, 1.54) is 12.8 Å². The van der Waals surface area contributed by atoms with Crippen molar-refractivity contribution in [2.24, 2.45) is 11.7 Å². The van der Waals surface area contributed by atoms with Crippen molar-refractivity contribution in [1.82, 2.24) is 4.90 Å². The molecule has 4 heteroatoms. The molecule has 1 saturated heterocycles. The first-order chi connectivity index (χ1) is 8.58. The first-order valence-corrected chi connectivity index (χ1v) is 7.24. The van der Waals surface area contributed by atoms with Gasteiger partial charge in [0.1, 0.15) is 0 Å². The van der Waals surface area contributed by atoms with Gasteiger partial charge in [-0.25, -0.2) is 0 Å². The van der Waals surface area contributed by atoms with E-state index < -0.39 is 0 Å². The van der Waals surface area contributed by atoms with E-state index in [-0.39, 0.29) is 0 Å². The summed E-state index contributed by atoms with van der Waals surface area (Å²) in [5.74, 6) is 0.663. The maximum absolute atomic E-state index is 6.21. The molecule has 2 nitrogen and oxygen atoms in total. The van der Waals surface area contributed by atoms with E-state index in [1.54, 1.807) is 0 Å². The maximum atomic E-state index is 6.21. The van der Waals surface area contributed by atoms with Crippen molar-refractivity contribution >= 4 is 23.2 Å². The highest BCUT2D eigenvalue weighted by atomic mass is 35.5. The molecule has 0 radical (unpaired) electrons. The molecule has 1 aromatic rings. The predicted molar refractivity (Wildman–Crippen MR) is 78.1 cm³/mol. The van der Waals surface area contributed by atoms with Crippen LogP contribution in [0.2, 0.25) is 10.0 Å². The first-order valence-electron chi connectivity index (χ1n) is 6.48. The SMILES string of the molecule is CC(N)C1CCN(Cc2cccc(Cl)c2Cl)CC1. The summed E-state index contributed by atoms with van der Waals surface area (Å²) in [4.78, 5) is 2.43. The zero-order chi connectivity index (χ0) is 13.1. The highest BCUT2D eigenvalue weighted by molar-refractivity contribution is 6.42. The second kappa shape index (κ2) is 6.25. The third-order valence-corrected chi connectivity index (χ3v) is 4.66. The molecule has 0 bridgehead atoms. The molecule has 18 heavy (non-hydrogen) atoms. The number of halogens is 2. The molecule has 2 rings (SSSR count). The lowest BCUT2D eigenvalue weighted by molar-refractivity contribution is 0.166. The molecule has 0 saturated carbocycles. The van der Waals surface area contributed by atoms with Crippen molar-refractivity contribution in [2.75, 3.05) is 13.1 Å². The Morgan fingerprint density at radius 2 is 2.00 bits per heavy atom. The molecule has 100 valence electrons. The minimum absolute atomic E-state index is 0.307. The van der Waals surface area contributed by atoms with Gasteiger partial charge in [-0.1, -0.05) is 35.3 Å². The fourth-order valence-electron chi connectivity index (χ4n) is 2.55. The maximum Gasteiger partial charge on any atom is 0.0637 e. The van der Waals surface area contributed by atoms with Crippen LogP contribution in [0.4, 0.5) is 0 Å². The van der Waals surface area contributed by atoms with Crippen LogP contribution in [0.25, 0.3) is 0 Å². The molecule has 0 aliphatic carbocycles. The summed E-state index contributed by atoms with van der Waals surface area (Å²) in [6.45, 7) is 5.17. The number of benzene rings is 1. The topological polar surface area (TPSA) is 29.3 Å². The Morgan fingerprint density at radius 3 is 2.61 bits per heavy atom. The molecule has 1 atom stereocenters. The summed E-state index contributed by atoms with van der Waals surface area (Å²) < 4.78 is 0. The van der Waals surface area contributed by atoms with Crippen molar-refractivity contribution in [3.63, 3.8) is 0 Å². The van der Waals surface area contributed by atoms with Crippen LogP contribution in [-0.4, -0.2) is 24.0 Å². The molecule has 0 spiro atoms. The van der Waals surface area contributed by atoms with Gasteiger partial charge in [0, 0.05) is 12.6 Å². The Hall–Kier alpha value is -0.280. The minimum atomic E-state index is 0.307. The Balaban J connectivity index is 1.94. The fourth-order valence-corrected chi connectivity index (χ4v) is 2.93. The molecule has 1 aliphatic rings. The molecule has 2 N–H and O–H groups in total. The lowest BCUT2D eigenvalue weighted by Crippen LogP contribution is -2.39. The Kier molecular flexibility index (Phi) is 4.91. The van der Waals surface area contributed by atoms with E-state index in [9.17, 15) is 0 Å². The number of nitrogens with two attached hydrogens (primary N) is 1. The zero-order valence-electron chi connectivity index (χ0n) is 10.7. The van der Waals surface area contributed by atoms with Gasteiger partial charge >= 0.3 is 0 Å². The summed E-state index contributed by atoms with van der Waals surface area (Å²) in [5, 5.41) is 1.33. The highest BCUT2D eigenvalue weighted by Crippen LogP contribution is 2.28. The van der Waals surface area contributed by atoms with Gasteiger partial charge in [-0.3, -0.25) is 4.90 Å². The molecule has 1 fully saturated rings. The van der Waals surface area contributed by atoms with Gasteiger partial charge in [0.05, 0.1) is 10.0 Å². The molecule has 0 amide bonds. The van der Waals surface area contributed by atoms with Gasteiger partial charge in [-0.15, -0.1) is 0 Å². The van der Waals surface area contributed by atoms with E-state index in [2.05, 4.69) is 11.8 Å². The van der Waals surface area contributed by atoms with Crippen LogP contribution in [0.5, 0.6) is 0 Å². The largest absolute Gasteiger partial charge is 0.328 e. The lowest BCUT2D eigenvalue weighted by atomic mass is 9.91. The number of nitrogens with zero attached hydrogens (tertiary/aromatic N) is 1. The lowest BCUT2D eigenvalue weighted by Gasteiger charge is -2.33. The third-order valence-electron chi connectivity index (χ3n) is 3.80. The van der Waals surface area contributed by atoms with Crippen LogP contribution in [0.15, 0.2) is 18.2 Å². The van der Waals surface area contributed by atoms with Gasteiger partial charge in [0.2, 0.25) is 0 Å².